The second-order valence-corrected chi connectivity index (χ2v) is 9.05. The first-order valence-electron chi connectivity index (χ1n) is 11.2. The van der Waals surface area contributed by atoms with E-state index in [0.717, 1.165) is 24.2 Å². The summed E-state index contributed by atoms with van der Waals surface area (Å²) >= 11 is 5.89. The molecule has 0 unspecified atom stereocenters. The Kier molecular flexibility index (Phi) is 6.99. The maximum Gasteiger partial charge on any atom is 0.324 e. The van der Waals surface area contributed by atoms with E-state index in [1.807, 2.05) is 29.2 Å². The lowest BCUT2D eigenvalue weighted by atomic mass is 10.0. The molecule has 0 spiro atoms. The Labute approximate surface area is 200 Å². The van der Waals surface area contributed by atoms with Gasteiger partial charge in [0.2, 0.25) is 0 Å². The van der Waals surface area contributed by atoms with E-state index < -0.39 is 0 Å². The Hall–Kier alpha value is -3.31. The van der Waals surface area contributed by atoms with E-state index in [-0.39, 0.29) is 11.9 Å². The fourth-order valence-corrected chi connectivity index (χ4v) is 4.05. The van der Waals surface area contributed by atoms with Gasteiger partial charge < -0.3 is 10.2 Å². The molecule has 6 heteroatoms. The summed E-state index contributed by atoms with van der Waals surface area (Å²) in [6.07, 6.45) is 0.908. The van der Waals surface area contributed by atoms with Gasteiger partial charge in [0, 0.05) is 41.6 Å². The molecule has 3 aromatic rings. The number of halogens is 1. The van der Waals surface area contributed by atoms with E-state index in [1.54, 1.807) is 29.2 Å². The minimum absolute atomic E-state index is 0.00661. The third-order valence-corrected chi connectivity index (χ3v) is 6.13. The fraction of sp³-hybridized carbons (Fsp3) is 0.259. The third kappa shape index (κ3) is 5.55. The van der Waals surface area contributed by atoms with E-state index in [4.69, 9.17) is 11.6 Å². The third-order valence-electron chi connectivity index (χ3n) is 5.87. The van der Waals surface area contributed by atoms with Crippen LogP contribution in [0, 0.1) is 0 Å². The molecule has 0 aliphatic carbocycles. The van der Waals surface area contributed by atoms with Crippen molar-refractivity contribution < 1.29 is 9.59 Å². The lowest BCUT2D eigenvalue weighted by Crippen LogP contribution is -2.49. The van der Waals surface area contributed by atoms with Gasteiger partial charge in [-0.15, -0.1) is 0 Å². The van der Waals surface area contributed by atoms with Crippen molar-refractivity contribution in [1.29, 1.82) is 0 Å². The number of nitrogens with one attached hydrogen (secondary N) is 1. The lowest BCUT2D eigenvalue weighted by Gasteiger charge is -2.35. The van der Waals surface area contributed by atoms with Crippen LogP contribution in [-0.4, -0.2) is 29.9 Å². The van der Waals surface area contributed by atoms with Gasteiger partial charge in [0.1, 0.15) is 0 Å². The van der Waals surface area contributed by atoms with Crippen LogP contribution in [0.5, 0.6) is 0 Å². The maximum absolute atomic E-state index is 13.2. The number of urea groups is 1. The van der Waals surface area contributed by atoms with Gasteiger partial charge in [-0.3, -0.25) is 9.69 Å². The average molecular weight is 462 g/mol. The SMILES string of the molecule is CC(C)c1ccc(CN2CCCN(c3ccc(NC(=O)c4ccc(Cl)cc4)cc3)C2=O)cc1. The molecular weight excluding hydrogens is 434 g/mol. The first kappa shape index (κ1) is 22.9. The van der Waals surface area contributed by atoms with Crippen molar-refractivity contribution in [3.05, 3.63) is 94.5 Å². The number of nitrogens with zero attached hydrogens (tertiary/aromatic N) is 2. The highest BCUT2D eigenvalue weighted by atomic mass is 35.5. The van der Waals surface area contributed by atoms with Crippen molar-refractivity contribution in [3.8, 4) is 0 Å². The molecule has 1 aliphatic rings. The number of amides is 3. The average Bonchev–Trinajstić information content (AvgIpc) is 2.82. The molecule has 0 bridgehead atoms. The van der Waals surface area contributed by atoms with Gasteiger partial charge in [-0.05, 0) is 72.0 Å². The van der Waals surface area contributed by atoms with Gasteiger partial charge in [0.05, 0.1) is 0 Å². The molecule has 0 radical (unpaired) electrons. The van der Waals surface area contributed by atoms with Crippen LogP contribution in [0.15, 0.2) is 72.8 Å². The molecule has 170 valence electrons. The Balaban J connectivity index is 1.40. The number of benzene rings is 3. The monoisotopic (exact) mass is 461 g/mol. The standard InChI is InChI=1S/C27H28ClN3O2/c1-19(2)21-6-4-20(5-7-21)18-30-16-3-17-31(27(30)33)25-14-12-24(13-15-25)29-26(32)22-8-10-23(28)11-9-22/h4-15,19H,3,16-18H2,1-2H3,(H,29,32). The molecule has 1 fully saturated rings. The van der Waals surface area contributed by atoms with Crippen molar-refractivity contribution in [1.82, 2.24) is 4.90 Å². The minimum Gasteiger partial charge on any atom is -0.322 e. The molecule has 4 rings (SSSR count). The largest absolute Gasteiger partial charge is 0.324 e. The molecule has 5 nitrogen and oxygen atoms in total. The summed E-state index contributed by atoms with van der Waals surface area (Å²) < 4.78 is 0. The molecule has 1 N–H and O–H groups in total. The number of hydrogen-bond donors (Lipinski definition) is 1. The summed E-state index contributed by atoms with van der Waals surface area (Å²) in [6.45, 7) is 6.38. The summed E-state index contributed by atoms with van der Waals surface area (Å²) in [7, 11) is 0. The van der Waals surface area contributed by atoms with Crippen LogP contribution < -0.4 is 10.2 Å². The summed E-state index contributed by atoms with van der Waals surface area (Å²) in [5.41, 5.74) is 4.46. The maximum atomic E-state index is 13.2. The zero-order valence-electron chi connectivity index (χ0n) is 18.9. The number of carbonyl (C=O) groups is 2. The Bertz CT molecular complexity index is 1110. The predicted molar refractivity (Wildman–Crippen MR) is 134 cm³/mol. The highest BCUT2D eigenvalue weighted by molar-refractivity contribution is 6.30. The molecule has 3 amide bonds. The smallest absolute Gasteiger partial charge is 0.322 e. The van der Waals surface area contributed by atoms with E-state index in [2.05, 4.69) is 43.4 Å². The first-order valence-corrected chi connectivity index (χ1v) is 11.6. The fourth-order valence-electron chi connectivity index (χ4n) is 3.93. The molecule has 0 saturated carbocycles. The van der Waals surface area contributed by atoms with Crippen molar-refractivity contribution in [2.24, 2.45) is 0 Å². The van der Waals surface area contributed by atoms with Gasteiger partial charge in [-0.25, -0.2) is 4.79 Å². The van der Waals surface area contributed by atoms with Gasteiger partial charge in [0.15, 0.2) is 0 Å². The molecule has 1 saturated heterocycles. The van der Waals surface area contributed by atoms with Crippen molar-refractivity contribution in [2.75, 3.05) is 23.3 Å². The van der Waals surface area contributed by atoms with E-state index in [9.17, 15) is 9.59 Å². The van der Waals surface area contributed by atoms with Crippen LogP contribution in [0.25, 0.3) is 0 Å². The normalized spacial score (nSPS) is 14.0. The second kappa shape index (κ2) is 10.1. The molecule has 0 aromatic heterocycles. The second-order valence-electron chi connectivity index (χ2n) is 8.61. The number of hydrogen-bond acceptors (Lipinski definition) is 2. The summed E-state index contributed by atoms with van der Waals surface area (Å²) in [6, 6.07) is 22.6. The highest BCUT2D eigenvalue weighted by Crippen LogP contribution is 2.24. The van der Waals surface area contributed by atoms with Crippen LogP contribution in [0.1, 0.15) is 47.7 Å². The van der Waals surface area contributed by atoms with Crippen molar-refractivity contribution in [2.45, 2.75) is 32.7 Å². The lowest BCUT2D eigenvalue weighted by molar-refractivity contribution is 0.102. The van der Waals surface area contributed by atoms with E-state index in [0.29, 0.717) is 35.3 Å². The Morgan fingerprint density at radius 3 is 2.24 bits per heavy atom. The molecule has 1 aliphatic heterocycles. The number of anilines is 2. The zero-order valence-corrected chi connectivity index (χ0v) is 19.7. The zero-order chi connectivity index (χ0) is 23.4. The summed E-state index contributed by atoms with van der Waals surface area (Å²) in [5.74, 6) is 0.285. The molecule has 33 heavy (non-hydrogen) atoms. The van der Waals surface area contributed by atoms with Crippen LogP contribution >= 0.6 is 11.6 Å². The summed E-state index contributed by atoms with van der Waals surface area (Å²) in [5, 5.41) is 3.46. The van der Waals surface area contributed by atoms with Gasteiger partial charge in [-0.1, -0.05) is 49.7 Å². The van der Waals surface area contributed by atoms with Crippen molar-refractivity contribution >= 4 is 34.9 Å². The van der Waals surface area contributed by atoms with Crippen molar-refractivity contribution in [3.63, 3.8) is 0 Å². The van der Waals surface area contributed by atoms with Crippen LogP contribution in [0.3, 0.4) is 0 Å². The predicted octanol–water partition coefficient (Wildman–Crippen LogP) is 6.55. The first-order chi connectivity index (χ1) is 15.9. The highest BCUT2D eigenvalue weighted by Gasteiger charge is 2.26. The minimum atomic E-state index is -0.205. The quantitative estimate of drug-likeness (QED) is 0.452. The topological polar surface area (TPSA) is 52.6 Å². The Morgan fingerprint density at radius 2 is 1.61 bits per heavy atom. The van der Waals surface area contributed by atoms with Gasteiger partial charge >= 0.3 is 6.03 Å². The molecule has 1 heterocycles. The number of rotatable bonds is 6. The molecule has 0 atom stereocenters. The molecule has 3 aromatic carbocycles. The van der Waals surface area contributed by atoms with Crippen LogP contribution in [0.2, 0.25) is 5.02 Å². The van der Waals surface area contributed by atoms with Gasteiger partial charge in [0.25, 0.3) is 5.91 Å². The van der Waals surface area contributed by atoms with Crippen LogP contribution in [-0.2, 0) is 6.54 Å². The number of carbonyl (C=O) groups excluding carboxylic acids is 2. The Morgan fingerprint density at radius 1 is 0.939 bits per heavy atom. The molecular formula is C27H28ClN3O2. The van der Waals surface area contributed by atoms with E-state index >= 15 is 0 Å². The van der Waals surface area contributed by atoms with Crippen LogP contribution in [0.4, 0.5) is 16.2 Å². The van der Waals surface area contributed by atoms with Gasteiger partial charge in [-0.2, -0.15) is 0 Å². The van der Waals surface area contributed by atoms with E-state index in [1.165, 1.54) is 5.56 Å². The summed E-state index contributed by atoms with van der Waals surface area (Å²) in [4.78, 5) is 29.3.